The average Bonchev–Trinajstić information content (AvgIpc) is 3.05. The first-order valence-corrected chi connectivity index (χ1v) is 9.05. The first-order chi connectivity index (χ1) is 12.0. The number of hydrogen-bond acceptors (Lipinski definition) is 3. The van der Waals surface area contributed by atoms with E-state index in [9.17, 15) is 4.79 Å². The number of carbonyl (C=O) groups is 1. The molecule has 1 N–H and O–H groups in total. The van der Waals surface area contributed by atoms with Crippen molar-refractivity contribution in [2.75, 3.05) is 5.32 Å². The van der Waals surface area contributed by atoms with Crippen LogP contribution in [0.5, 0.6) is 5.75 Å². The van der Waals surface area contributed by atoms with Gasteiger partial charge in [-0.1, -0.05) is 18.2 Å². The summed E-state index contributed by atoms with van der Waals surface area (Å²) in [6.07, 6.45) is 0. The molecule has 1 aromatic heterocycles. The van der Waals surface area contributed by atoms with E-state index in [2.05, 4.69) is 25.2 Å². The number of ether oxygens (including phenoxy) is 1. The quantitative estimate of drug-likeness (QED) is 0.659. The summed E-state index contributed by atoms with van der Waals surface area (Å²) in [4.78, 5) is 13.0. The highest BCUT2D eigenvalue weighted by Gasteiger charge is 2.10. The van der Waals surface area contributed by atoms with Crippen LogP contribution in [-0.4, -0.2) is 5.91 Å². The van der Waals surface area contributed by atoms with Gasteiger partial charge in [0.15, 0.2) is 0 Å². The molecular weight excluding hydrogens is 330 g/mol. The molecule has 0 unspecified atom stereocenters. The van der Waals surface area contributed by atoms with Crippen molar-refractivity contribution in [3.8, 4) is 5.75 Å². The molecule has 0 fully saturated rings. The van der Waals surface area contributed by atoms with E-state index in [-0.39, 0.29) is 5.91 Å². The largest absolute Gasteiger partial charge is 0.489 e. The number of benzene rings is 2. The number of thiophene rings is 1. The Labute approximate surface area is 152 Å². The highest BCUT2D eigenvalue weighted by molar-refractivity contribution is 7.12. The molecule has 0 aliphatic rings. The van der Waals surface area contributed by atoms with Crippen LogP contribution >= 0.6 is 11.3 Å². The summed E-state index contributed by atoms with van der Waals surface area (Å²) in [6, 6.07) is 15.7. The van der Waals surface area contributed by atoms with E-state index in [1.165, 1.54) is 22.5 Å². The summed E-state index contributed by atoms with van der Waals surface area (Å²) in [5.74, 6) is 0.757. The van der Waals surface area contributed by atoms with Gasteiger partial charge < -0.3 is 10.1 Å². The predicted octanol–water partition coefficient (Wildman–Crippen LogP) is 5.50. The Morgan fingerprint density at radius 3 is 2.64 bits per heavy atom. The number of carbonyl (C=O) groups excluding carboxylic acids is 1. The molecule has 3 rings (SSSR count). The van der Waals surface area contributed by atoms with E-state index in [0.29, 0.717) is 11.5 Å². The zero-order chi connectivity index (χ0) is 17.8. The second-order valence-corrected chi connectivity index (χ2v) is 7.09. The minimum Gasteiger partial charge on any atom is -0.489 e. The van der Waals surface area contributed by atoms with Crippen molar-refractivity contribution in [3.05, 3.63) is 81.0 Å². The summed E-state index contributed by atoms with van der Waals surface area (Å²) in [5.41, 5.74) is 5.38. The normalized spacial score (nSPS) is 10.5. The van der Waals surface area contributed by atoms with E-state index in [1.807, 2.05) is 54.8 Å². The van der Waals surface area contributed by atoms with Crippen LogP contribution in [0.4, 0.5) is 5.69 Å². The minimum absolute atomic E-state index is 0.0898. The van der Waals surface area contributed by atoms with Crippen molar-refractivity contribution in [1.29, 1.82) is 0 Å². The molecule has 0 saturated carbocycles. The molecule has 0 atom stereocenters. The molecule has 3 aromatic rings. The van der Waals surface area contributed by atoms with Gasteiger partial charge in [0.25, 0.3) is 5.91 Å². The van der Waals surface area contributed by atoms with Gasteiger partial charge in [-0.25, -0.2) is 0 Å². The number of nitrogens with one attached hydrogen (secondary N) is 1. The SMILES string of the molecule is Cc1cccc(NC(=O)c2cc(COc3ccc(C)c(C)c3)cs2)c1. The zero-order valence-corrected chi connectivity index (χ0v) is 15.4. The van der Waals surface area contributed by atoms with Crippen molar-refractivity contribution < 1.29 is 9.53 Å². The first kappa shape index (κ1) is 17.2. The van der Waals surface area contributed by atoms with Gasteiger partial charge in [0.1, 0.15) is 12.4 Å². The number of anilines is 1. The van der Waals surface area contributed by atoms with E-state index in [1.54, 1.807) is 0 Å². The standard InChI is InChI=1S/C21H21NO2S/c1-14-5-4-6-18(9-14)22-21(23)20-11-17(13-25-20)12-24-19-8-7-15(2)16(3)10-19/h4-11,13H,12H2,1-3H3,(H,22,23). The fourth-order valence-electron chi connectivity index (χ4n) is 2.46. The lowest BCUT2D eigenvalue weighted by Gasteiger charge is -2.07. The summed E-state index contributed by atoms with van der Waals surface area (Å²) < 4.78 is 5.83. The van der Waals surface area contributed by atoms with Gasteiger partial charge in [-0.3, -0.25) is 4.79 Å². The molecule has 0 saturated heterocycles. The monoisotopic (exact) mass is 351 g/mol. The molecule has 1 heterocycles. The Morgan fingerprint density at radius 2 is 1.88 bits per heavy atom. The molecule has 0 aliphatic heterocycles. The van der Waals surface area contributed by atoms with Crippen molar-refractivity contribution in [3.63, 3.8) is 0 Å². The number of amides is 1. The molecule has 25 heavy (non-hydrogen) atoms. The van der Waals surface area contributed by atoms with Gasteiger partial charge in [-0.05, 0) is 73.2 Å². The lowest BCUT2D eigenvalue weighted by atomic mass is 10.1. The Balaban J connectivity index is 1.61. The molecule has 0 spiro atoms. The lowest BCUT2D eigenvalue weighted by Crippen LogP contribution is -2.10. The second-order valence-electron chi connectivity index (χ2n) is 6.18. The Bertz CT molecular complexity index is 898. The van der Waals surface area contributed by atoms with Gasteiger partial charge in [0.2, 0.25) is 0 Å². The summed E-state index contributed by atoms with van der Waals surface area (Å²) >= 11 is 1.43. The summed E-state index contributed by atoms with van der Waals surface area (Å²) in [7, 11) is 0. The van der Waals surface area contributed by atoms with Crippen LogP contribution in [0.3, 0.4) is 0 Å². The van der Waals surface area contributed by atoms with E-state index in [4.69, 9.17) is 4.74 Å². The topological polar surface area (TPSA) is 38.3 Å². The molecule has 0 bridgehead atoms. The van der Waals surface area contributed by atoms with Crippen LogP contribution in [0, 0.1) is 20.8 Å². The lowest BCUT2D eigenvalue weighted by molar-refractivity contribution is 0.103. The third kappa shape index (κ3) is 4.48. The summed E-state index contributed by atoms with van der Waals surface area (Å²) in [6.45, 7) is 6.61. The maximum atomic E-state index is 12.4. The average molecular weight is 351 g/mol. The van der Waals surface area contributed by atoms with Crippen LogP contribution in [0.2, 0.25) is 0 Å². The van der Waals surface area contributed by atoms with Crippen LogP contribution in [0.15, 0.2) is 53.9 Å². The Kier molecular flexibility index (Phi) is 5.19. The van der Waals surface area contributed by atoms with E-state index >= 15 is 0 Å². The second kappa shape index (κ2) is 7.53. The van der Waals surface area contributed by atoms with Gasteiger partial charge in [0, 0.05) is 11.3 Å². The molecule has 2 aromatic carbocycles. The maximum Gasteiger partial charge on any atom is 0.265 e. The van der Waals surface area contributed by atoms with Crippen molar-refractivity contribution in [2.24, 2.45) is 0 Å². The third-order valence-electron chi connectivity index (χ3n) is 4.04. The highest BCUT2D eigenvalue weighted by atomic mass is 32.1. The third-order valence-corrected chi connectivity index (χ3v) is 5.02. The van der Waals surface area contributed by atoms with Crippen molar-refractivity contribution >= 4 is 22.9 Å². The number of aryl methyl sites for hydroxylation is 3. The van der Waals surface area contributed by atoms with E-state index < -0.39 is 0 Å². The van der Waals surface area contributed by atoms with Crippen molar-refractivity contribution in [1.82, 2.24) is 0 Å². The first-order valence-electron chi connectivity index (χ1n) is 8.17. The minimum atomic E-state index is -0.0898. The van der Waals surface area contributed by atoms with Crippen LogP contribution in [0.1, 0.15) is 31.9 Å². The Hall–Kier alpha value is -2.59. The highest BCUT2D eigenvalue weighted by Crippen LogP contribution is 2.21. The van der Waals surface area contributed by atoms with Crippen LogP contribution < -0.4 is 10.1 Å². The Morgan fingerprint density at radius 1 is 1.04 bits per heavy atom. The zero-order valence-electron chi connectivity index (χ0n) is 14.6. The molecular formula is C21H21NO2S. The maximum absolute atomic E-state index is 12.4. The summed E-state index contributed by atoms with van der Waals surface area (Å²) in [5, 5.41) is 4.90. The van der Waals surface area contributed by atoms with Crippen LogP contribution in [-0.2, 0) is 6.61 Å². The fraction of sp³-hybridized carbons (Fsp3) is 0.190. The smallest absolute Gasteiger partial charge is 0.265 e. The van der Waals surface area contributed by atoms with Gasteiger partial charge in [-0.2, -0.15) is 0 Å². The number of hydrogen-bond donors (Lipinski definition) is 1. The van der Waals surface area contributed by atoms with Crippen LogP contribution in [0.25, 0.3) is 0 Å². The molecule has 3 nitrogen and oxygen atoms in total. The molecule has 128 valence electrons. The fourth-order valence-corrected chi connectivity index (χ4v) is 3.25. The van der Waals surface area contributed by atoms with Gasteiger partial charge in [0.05, 0.1) is 4.88 Å². The predicted molar refractivity (Wildman–Crippen MR) is 104 cm³/mol. The van der Waals surface area contributed by atoms with Gasteiger partial charge in [-0.15, -0.1) is 11.3 Å². The molecule has 4 heteroatoms. The molecule has 0 radical (unpaired) electrons. The van der Waals surface area contributed by atoms with Gasteiger partial charge >= 0.3 is 0 Å². The van der Waals surface area contributed by atoms with E-state index in [0.717, 1.165) is 22.6 Å². The van der Waals surface area contributed by atoms with Crippen molar-refractivity contribution in [2.45, 2.75) is 27.4 Å². The number of rotatable bonds is 5. The molecule has 0 aliphatic carbocycles. The molecule has 1 amide bonds.